The van der Waals surface area contributed by atoms with Crippen molar-refractivity contribution < 1.29 is 0 Å². The van der Waals surface area contributed by atoms with Crippen molar-refractivity contribution in [2.24, 2.45) is 0 Å². The summed E-state index contributed by atoms with van der Waals surface area (Å²) in [4.78, 5) is 4.87. The van der Waals surface area contributed by atoms with Crippen LogP contribution in [0.25, 0.3) is 33.6 Å². The van der Waals surface area contributed by atoms with Crippen molar-refractivity contribution in [1.29, 1.82) is 0 Å². The number of nitrogens with two attached hydrogens (primary N) is 1. The van der Waals surface area contributed by atoms with Gasteiger partial charge in [0.05, 0.1) is 17.1 Å². The summed E-state index contributed by atoms with van der Waals surface area (Å²) in [6, 6.07) is 32.6. The second kappa shape index (κ2) is 6.62. The van der Waals surface area contributed by atoms with Gasteiger partial charge in [-0.25, -0.2) is 4.98 Å². The molecule has 0 aliphatic carbocycles. The number of hydrogen-bond acceptors (Lipinski definition) is 2. The van der Waals surface area contributed by atoms with Gasteiger partial charge in [0.2, 0.25) is 0 Å². The van der Waals surface area contributed by atoms with Gasteiger partial charge in [-0.1, -0.05) is 91.0 Å². The lowest BCUT2D eigenvalue weighted by Gasteiger charge is -2.14. The lowest BCUT2D eigenvalue weighted by molar-refractivity contribution is 1.32. The first-order valence-electron chi connectivity index (χ1n) is 8.30. The molecule has 4 rings (SSSR count). The highest BCUT2D eigenvalue weighted by atomic mass is 14.8. The molecule has 0 unspecified atom stereocenters. The standard InChI is InChI=1S/C23H18N2/c24-22-20(17-10-4-1-5-11-17)16-21(18-12-6-2-7-13-18)25-23(22)19-14-8-3-9-15-19/h1-16H,24H2. The van der Waals surface area contributed by atoms with Crippen LogP contribution in [-0.2, 0) is 0 Å². The van der Waals surface area contributed by atoms with Crippen LogP contribution in [0.1, 0.15) is 0 Å². The Hall–Kier alpha value is -3.39. The van der Waals surface area contributed by atoms with Crippen molar-refractivity contribution in [2.75, 3.05) is 5.73 Å². The minimum atomic E-state index is 0.706. The van der Waals surface area contributed by atoms with E-state index in [1.54, 1.807) is 0 Å². The van der Waals surface area contributed by atoms with Crippen LogP contribution in [0.15, 0.2) is 97.1 Å². The number of anilines is 1. The van der Waals surface area contributed by atoms with Crippen LogP contribution in [0.5, 0.6) is 0 Å². The predicted octanol–water partition coefficient (Wildman–Crippen LogP) is 5.66. The first-order chi connectivity index (χ1) is 12.3. The molecule has 0 radical (unpaired) electrons. The van der Waals surface area contributed by atoms with E-state index in [2.05, 4.69) is 30.3 Å². The average Bonchev–Trinajstić information content (AvgIpc) is 2.70. The normalized spacial score (nSPS) is 10.6. The summed E-state index contributed by atoms with van der Waals surface area (Å²) in [5, 5.41) is 0. The van der Waals surface area contributed by atoms with E-state index in [1.807, 2.05) is 66.7 Å². The average molecular weight is 322 g/mol. The van der Waals surface area contributed by atoms with Gasteiger partial charge in [0.1, 0.15) is 0 Å². The van der Waals surface area contributed by atoms with Crippen molar-refractivity contribution in [1.82, 2.24) is 4.98 Å². The first-order valence-corrected chi connectivity index (χ1v) is 8.30. The Morgan fingerprint density at radius 1 is 0.560 bits per heavy atom. The molecule has 0 saturated heterocycles. The molecule has 0 spiro atoms. The fourth-order valence-corrected chi connectivity index (χ4v) is 2.98. The molecule has 4 aromatic rings. The SMILES string of the molecule is Nc1c(-c2ccccc2)cc(-c2ccccc2)nc1-c1ccccc1. The van der Waals surface area contributed by atoms with Gasteiger partial charge in [0.15, 0.2) is 0 Å². The molecule has 0 aliphatic rings. The highest BCUT2D eigenvalue weighted by Gasteiger charge is 2.14. The fourth-order valence-electron chi connectivity index (χ4n) is 2.98. The summed E-state index contributed by atoms with van der Waals surface area (Å²) in [5.41, 5.74) is 13.2. The fraction of sp³-hybridized carbons (Fsp3) is 0. The maximum Gasteiger partial charge on any atom is 0.0945 e. The van der Waals surface area contributed by atoms with E-state index in [0.717, 1.165) is 33.6 Å². The number of nitrogen functional groups attached to an aromatic ring is 1. The van der Waals surface area contributed by atoms with Crippen molar-refractivity contribution in [2.45, 2.75) is 0 Å². The quantitative estimate of drug-likeness (QED) is 0.528. The molecular formula is C23H18N2. The Balaban J connectivity index is 1.98. The number of nitrogens with zero attached hydrogens (tertiary/aromatic N) is 1. The molecule has 0 saturated carbocycles. The third-order valence-electron chi connectivity index (χ3n) is 4.26. The lowest BCUT2D eigenvalue weighted by atomic mass is 9.98. The lowest BCUT2D eigenvalue weighted by Crippen LogP contribution is -1.99. The monoisotopic (exact) mass is 322 g/mol. The first kappa shape index (κ1) is 15.2. The van der Waals surface area contributed by atoms with Crippen LogP contribution >= 0.6 is 0 Å². The summed E-state index contributed by atoms with van der Waals surface area (Å²) in [5.74, 6) is 0. The van der Waals surface area contributed by atoms with Crippen LogP contribution in [0.3, 0.4) is 0 Å². The summed E-state index contributed by atoms with van der Waals surface area (Å²) in [6.45, 7) is 0. The molecule has 0 bridgehead atoms. The summed E-state index contributed by atoms with van der Waals surface area (Å²) < 4.78 is 0. The molecule has 1 heterocycles. The molecule has 1 aromatic heterocycles. The van der Waals surface area contributed by atoms with Gasteiger partial charge in [-0.2, -0.15) is 0 Å². The topological polar surface area (TPSA) is 38.9 Å². The second-order valence-corrected chi connectivity index (χ2v) is 5.92. The van der Waals surface area contributed by atoms with Crippen molar-refractivity contribution >= 4 is 5.69 Å². The van der Waals surface area contributed by atoms with Crippen LogP contribution < -0.4 is 5.73 Å². The third-order valence-corrected chi connectivity index (χ3v) is 4.26. The summed E-state index contributed by atoms with van der Waals surface area (Å²) in [7, 11) is 0. The Bertz CT molecular complexity index is 918. The van der Waals surface area contributed by atoms with Crippen LogP contribution in [-0.4, -0.2) is 4.98 Å². The molecule has 2 heteroatoms. The Morgan fingerprint density at radius 2 is 1.04 bits per heavy atom. The molecule has 2 nitrogen and oxygen atoms in total. The van der Waals surface area contributed by atoms with Gasteiger partial charge in [-0.3, -0.25) is 0 Å². The molecule has 0 aliphatic heterocycles. The van der Waals surface area contributed by atoms with Gasteiger partial charge < -0.3 is 5.73 Å². The van der Waals surface area contributed by atoms with Gasteiger partial charge in [0.25, 0.3) is 0 Å². The number of benzene rings is 3. The summed E-state index contributed by atoms with van der Waals surface area (Å²) >= 11 is 0. The minimum Gasteiger partial charge on any atom is -0.396 e. The van der Waals surface area contributed by atoms with Gasteiger partial charge in [-0.05, 0) is 11.6 Å². The number of rotatable bonds is 3. The van der Waals surface area contributed by atoms with Gasteiger partial charge in [-0.15, -0.1) is 0 Å². The molecule has 3 aromatic carbocycles. The van der Waals surface area contributed by atoms with E-state index in [0.29, 0.717) is 5.69 Å². The zero-order valence-corrected chi connectivity index (χ0v) is 13.8. The number of pyridine rings is 1. The zero-order chi connectivity index (χ0) is 17.1. The van der Waals surface area contributed by atoms with Crippen LogP contribution in [0.4, 0.5) is 5.69 Å². The Morgan fingerprint density at radius 3 is 1.60 bits per heavy atom. The van der Waals surface area contributed by atoms with E-state index in [4.69, 9.17) is 10.7 Å². The third kappa shape index (κ3) is 3.02. The second-order valence-electron chi connectivity index (χ2n) is 5.92. The highest BCUT2D eigenvalue weighted by molar-refractivity contribution is 5.89. The van der Waals surface area contributed by atoms with Crippen LogP contribution in [0, 0.1) is 0 Å². The number of aromatic nitrogens is 1. The van der Waals surface area contributed by atoms with E-state index >= 15 is 0 Å². The van der Waals surface area contributed by atoms with Gasteiger partial charge in [0, 0.05) is 16.7 Å². The number of hydrogen-bond donors (Lipinski definition) is 1. The largest absolute Gasteiger partial charge is 0.396 e. The smallest absolute Gasteiger partial charge is 0.0945 e. The van der Waals surface area contributed by atoms with Crippen LogP contribution in [0.2, 0.25) is 0 Å². The Kier molecular flexibility index (Phi) is 4.01. The molecular weight excluding hydrogens is 304 g/mol. The van der Waals surface area contributed by atoms with E-state index in [-0.39, 0.29) is 0 Å². The summed E-state index contributed by atoms with van der Waals surface area (Å²) in [6.07, 6.45) is 0. The van der Waals surface area contributed by atoms with E-state index < -0.39 is 0 Å². The zero-order valence-electron chi connectivity index (χ0n) is 13.8. The van der Waals surface area contributed by atoms with Crippen molar-refractivity contribution in [3.63, 3.8) is 0 Å². The molecule has 2 N–H and O–H groups in total. The highest BCUT2D eigenvalue weighted by Crippen LogP contribution is 2.36. The Labute approximate surface area is 147 Å². The van der Waals surface area contributed by atoms with E-state index in [9.17, 15) is 0 Å². The van der Waals surface area contributed by atoms with Crippen molar-refractivity contribution in [3.8, 4) is 33.6 Å². The molecule has 0 amide bonds. The van der Waals surface area contributed by atoms with Gasteiger partial charge >= 0.3 is 0 Å². The predicted molar refractivity (Wildman–Crippen MR) is 105 cm³/mol. The maximum atomic E-state index is 6.53. The molecule has 120 valence electrons. The minimum absolute atomic E-state index is 0.706. The molecule has 0 atom stereocenters. The molecule has 0 fully saturated rings. The van der Waals surface area contributed by atoms with E-state index in [1.165, 1.54) is 0 Å². The van der Waals surface area contributed by atoms with Crippen molar-refractivity contribution in [3.05, 3.63) is 97.1 Å². The maximum absolute atomic E-state index is 6.53. The molecule has 25 heavy (non-hydrogen) atoms.